The van der Waals surface area contributed by atoms with E-state index in [2.05, 4.69) is 10.4 Å². The van der Waals surface area contributed by atoms with Gasteiger partial charge in [-0.3, -0.25) is 9.48 Å². The van der Waals surface area contributed by atoms with Gasteiger partial charge in [-0.2, -0.15) is 5.10 Å². The first-order valence-corrected chi connectivity index (χ1v) is 9.53. The van der Waals surface area contributed by atoms with E-state index in [4.69, 9.17) is 16.3 Å². The average molecular weight is 412 g/mol. The molecular weight excluding hydrogens is 390 g/mol. The quantitative estimate of drug-likeness (QED) is 0.613. The minimum Gasteiger partial charge on any atom is -0.452 e. The Morgan fingerprint density at radius 1 is 1.03 bits per heavy atom. The van der Waals surface area contributed by atoms with Crippen LogP contribution in [-0.4, -0.2) is 28.3 Å². The third-order valence-electron chi connectivity index (χ3n) is 4.50. The van der Waals surface area contributed by atoms with E-state index in [1.54, 1.807) is 35.9 Å². The number of ether oxygens (including phenoxy) is 1. The molecule has 0 aliphatic heterocycles. The van der Waals surface area contributed by atoms with Gasteiger partial charge in [0.1, 0.15) is 5.56 Å². The second-order valence-electron chi connectivity index (χ2n) is 6.82. The second kappa shape index (κ2) is 8.92. The number of rotatable bonds is 6. The summed E-state index contributed by atoms with van der Waals surface area (Å²) >= 11 is 5.82. The van der Waals surface area contributed by atoms with E-state index >= 15 is 0 Å². The molecule has 0 atom stereocenters. The normalized spacial score (nSPS) is 10.6. The van der Waals surface area contributed by atoms with Gasteiger partial charge in [0.05, 0.1) is 17.9 Å². The van der Waals surface area contributed by atoms with Gasteiger partial charge in [0.15, 0.2) is 6.61 Å². The van der Waals surface area contributed by atoms with Gasteiger partial charge in [0.2, 0.25) is 0 Å². The van der Waals surface area contributed by atoms with Crippen molar-refractivity contribution >= 4 is 29.2 Å². The van der Waals surface area contributed by atoms with Gasteiger partial charge < -0.3 is 10.1 Å². The van der Waals surface area contributed by atoms with Crippen LogP contribution in [0.3, 0.4) is 0 Å². The summed E-state index contributed by atoms with van der Waals surface area (Å²) in [6.45, 7) is 5.77. The van der Waals surface area contributed by atoms with Crippen molar-refractivity contribution in [3.63, 3.8) is 0 Å². The van der Waals surface area contributed by atoms with Gasteiger partial charge in [-0.15, -0.1) is 0 Å². The van der Waals surface area contributed by atoms with Gasteiger partial charge in [0, 0.05) is 10.7 Å². The molecule has 0 aliphatic carbocycles. The molecule has 7 heteroatoms. The molecular formula is C22H22ClN3O3. The van der Waals surface area contributed by atoms with Crippen molar-refractivity contribution in [2.24, 2.45) is 0 Å². The maximum absolute atomic E-state index is 12.5. The number of amides is 1. The molecule has 1 heterocycles. The fourth-order valence-corrected chi connectivity index (χ4v) is 3.07. The molecule has 2 aromatic carbocycles. The topological polar surface area (TPSA) is 73.2 Å². The van der Waals surface area contributed by atoms with E-state index in [9.17, 15) is 9.59 Å². The monoisotopic (exact) mass is 411 g/mol. The number of carbonyl (C=O) groups excluding carboxylic acids is 2. The lowest BCUT2D eigenvalue weighted by Gasteiger charge is -2.08. The molecule has 150 valence electrons. The summed E-state index contributed by atoms with van der Waals surface area (Å²) in [6, 6.07) is 14.8. The van der Waals surface area contributed by atoms with Crippen molar-refractivity contribution in [2.75, 3.05) is 11.9 Å². The molecule has 1 N–H and O–H groups in total. The number of aryl methyl sites for hydroxylation is 2. The predicted molar refractivity (Wildman–Crippen MR) is 112 cm³/mol. The Labute approximate surface area is 174 Å². The summed E-state index contributed by atoms with van der Waals surface area (Å²) in [5.74, 6) is -0.996. The molecule has 6 nitrogen and oxygen atoms in total. The molecule has 1 aromatic heterocycles. The predicted octanol–water partition coefficient (Wildman–Crippen LogP) is 4.31. The Morgan fingerprint density at radius 2 is 1.69 bits per heavy atom. The number of hydrogen-bond acceptors (Lipinski definition) is 4. The molecule has 0 saturated carbocycles. The van der Waals surface area contributed by atoms with Gasteiger partial charge in [-0.25, -0.2) is 4.79 Å². The van der Waals surface area contributed by atoms with Crippen LogP contribution in [0, 0.1) is 20.8 Å². The fraction of sp³-hybridized carbons (Fsp3) is 0.227. The number of carbonyl (C=O) groups is 2. The third-order valence-corrected chi connectivity index (χ3v) is 4.75. The zero-order valence-corrected chi connectivity index (χ0v) is 17.3. The number of aromatic nitrogens is 2. The summed E-state index contributed by atoms with van der Waals surface area (Å²) in [6.07, 6.45) is 0. The lowest BCUT2D eigenvalue weighted by Crippen LogP contribution is -2.21. The second-order valence-corrected chi connectivity index (χ2v) is 7.26. The molecule has 0 spiro atoms. The van der Waals surface area contributed by atoms with Crippen molar-refractivity contribution in [3.05, 3.63) is 81.6 Å². The van der Waals surface area contributed by atoms with E-state index in [-0.39, 0.29) is 6.61 Å². The first-order valence-electron chi connectivity index (χ1n) is 9.15. The summed E-state index contributed by atoms with van der Waals surface area (Å²) in [5.41, 5.74) is 4.50. The summed E-state index contributed by atoms with van der Waals surface area (Å²) in [5, 5.41) is 7.68. The van der Waals surface area contributed by atoms with Crippen molar-refractivity contribution in [3.8, 4) is 0 Å². The van der Waals surface area contributed by atoms with Crippen molar-refractivity contribution in [2.45, 2.75) is 27.3 Å². The molecule has 0 bridgehead atoms. The van der Waals surface area contributed by atoms with E-state index in [0.29, 0.717) is 34.2 Å². The molecule has 0 aliphatic rings. The van der Waals surface area contributed by atoms with Crippen LogP contribution < -0.4 is 5.32 Å². The zero-order chi connectivity index (χ0) is 21.0. The van der Waals surface area contributed by atoms with Crippen LogP contribution in [0.15, 0.2) is 48.5 Å². The van der Waals surface area contributed by atoms with Gasteiger partial charge in [-0.05, 0) is 50.6 Å². The molecule has 0 radical (unpaired) electrons. The Balaban J connectivity index is 1.63. The number of halogens is 1. The number of hydrogen-bond donors (Lipinski definition) is 1. The molecule has 0 fully saturated rings. The van der Waals surface area contributed by atoms with Crippen molar-refractivity contribution in [1.82, 2.24) is 9.78 Å². The van der Waals surface area contributed by atoms with Crippen LogP contribution >= 0.6 is 11.6 Å². The molecule has 1 amide bonds. The lowest BCUT2D eigenvalue weighted by molar-refractivity contribution is -0.119. The van der Waals surface area contributed by atoms with E-state index in [1.165, 1.54) is 5.56 Å². The lowest BCUT2D eigenvalue weighted by atomic mass is 10.1. The van der Waals surface area contributed by atoms with E-state index in [1.807, 2.05) is 38.1 Å². The zero-order valence-electron chi connectivity index (χ0n) is 16.5. The number of anilines is 1. The van der Waals surface area contributed by atoms with Gasteiger partial charge in [0.25, 0.3) is 5.91 Å². The number of benzene rings is 2. The number of esters is 1. The first kappa shape index (κ1) is 20.6. The largest absolute Gasteiger partial charge is 0.452 e. The summed E-state index contributed by atoms with van der Waals surface area (Å²) in [7, 11) is 0. The van der Waals surface area contributed by atoms with Crippen LogP contribution in [-0.2, 0) is 16.1 Å². The first-order chi connectivity index (χ1) is 13.8. The van der Waals surface area contributed by atoms with Gasteiger partial charge in [-0.1, -0.05) is 41.4 Å². The molecule has 3 rings (SSSR count). The van der Waals surface area contributed by atoms with Crippen molar-refractivity contribution in [1.29, 1.82) is 0 Å². The van der Waals surface area contributed by atoms with Gasteiger partial charge >= 0.3 is 5.97 Å². The minimum atomic E-state index is -0.568. The minimum absolute atomic E-state index is 0.385. The highest BCUT2D eigenvalue weighted by atomic mass is 35.5. The Morgan fingerprint density at radius 3 is 2.34 bits per heavy atom. The van der Waals surface area contributed by atoms with Crippen molar-refractivity contribution < 1.29 is 14.3 Å². The number of nitrogens with zero attached hydrogens (tertiary/aromatic N) is 2. The maximum Gasteiger partial charge on any atom is 0.342 e. The molecule has 29 heavy (non-hydrogen) atoms. The van der Waals surface area contributed by atoms with Crippen LogP contribution in [0.5, 0.6) is 0 Å². The summed E-state index contributed by atoms with van der Waals surface area (Å²) in [4.78, 5) is 24.6. The number of nitrogens with one attached hydrogen (secondary N) is 1. The highest BCUT2D eigenvalue weighted by molar-refractivity contribution is 6.30. The highest BCUT2D eigenvalue weighted by Gasteiger charge is 2.21. The molecule has 0 unspecified atom stereocenters. The van der Waals surface area contributed by atoms with E-state index in [0.717, 1.165) is 5.56 Å². The van der Waals surface area contributed by atoms with Crippen LogP contribution in [0.4, 0.5) is 5.69 Å². The molecule has 3 aromatic rings. The molecule has 0 saturated heterocycles. The van der Waals surface area contributed by atoms with E-state index < -0.39 is 11.9 Å². The fourth-order valence-electron chi connectivity index (χ4n) is 2.95. The standard InChI is InChI=1S/C22H22ClN3O3/c1-14-4-6-17(7-5-14)12-26-16(3)21(15(2)25-26)22(28)29-13-20(27)24-19-10-8-18(23)9-11-19/h4-11H,12-13H2,1-3H3,(H,24,27). The average Bonchev–Trinajstić information content (AvgIpc) is 2.97. The summed E-state index contributed by atoms with van der Waals surface area (Å²) < 4.78 is 6.96. The van der Waals surface area contributed by atoms with Crippen LogP contribution in [0.2, 0.25) is 5.02 Å². The maximum atomic E-state index is 12.5. The SMILES string of the molecule is Cc1ccc(Cn2nc(C)c(C(=O)OCC(=O)Nc3ccc(Cl)cc3)c2C)cc1. The Hall–Kier alpha value is -3.12. The van der Waals surface area contributed by atoms with Crippen LogP contribution in [0.25, 0.3) is 0 Å². The van der Waals surface area contributed by atoms with Crippen LogP contribution in [0.1, 0.15) is 32.9 Å². The smallest absolute Gasteiger partial charge is 0.342 e. The Kier molecular flexibility index (Phi) is 6.34. The Bertz CT molecular complexity index is 1020. The highest BCUT2D eigenvalue weighted by Crippen LogP contribution is 2.17. The third kappa shape index (κ3) is 5.23.